The Hall–Kier alpha value is -2.34. The molecule has 1 aromatic carbocycles. The number of amides is 1. The lowest BCUT2D eigenvalue weighted by Crippen LogP contribution is -2.07. The number of rotatable bonds is 4. The molecule has 6 nitrogen and oxygen atoms in total. The maximum atomic E-state index is 11.2. The molecule has 0 atom stereocenters. The molecule has 0 spiro atoms. The van der Waals surface area contributed by atoms with Crippen molar-refractivity contribution in [1.82, 2.24) is 9.78 Å². The van der Waals surface area contributed by atoms with Crippen molar-refractivity contribution in [3.05, 3.63) is 30.0 Å². The predicted octanol–water partition coefficient (Wildman–Crippen LogP) is 1.51. The molecule has 0 aliphatic carbocycles. The van der Waals surface area contributed by atoms with Crippen molar-refractivity contribution in [2.75, 3.05) is 12.4 Å². The second-order valence-electron chi connectivity index (χ2n) is 4.44. The van der Waals surface area contributed by atoms with E-state index >= 15 is 0 Å². The molecule has 0 saturated heterocycles. The smallest absolute Gasteiger partial charge is 0.221 e. The largest absolute Gasteiger partial charge is 0.495 e. The lowest BCUT2D eigenvalue weighted by atomic mass is 10.1. The number of carbonyl (C=O) groups is 1. The highest BCUT2D eigenvalue weighted by atomic mass is 16.5. The predicted molar refractivity (Wildman–Crippen MR) is 77.4 cm³/mol. The number of methoxy groups -OCH3 is 1. The highest BCUT2D eigenvalue weighted by Gasteiger charge is 2.11. The van der Waals surface area contributed by atoms with Crippen LogP contribution in [0, 0.1) is 0 Å². The fraction of sp³-hybridized carbons (Fsp3) is 0.286. The van der Waals surface area contributed by atoms with Gasteiger partial charge in [0.1, 0.15) is 5.75 Å². The van der Waals surface area contributed by atoms with Crippen LogP contribution in [0.3, 0.4) is 0 Å². The first kappa shape index (κ1) is 14.1. The van der Waals surface area contributed by atoms with Crippen LogP contribution in [0.15, 0.2) is 24.3 Å². The van der Waals surface area contributed by atoms with Crippen LogP contribution in [-0.4, -0.2) is 22.8 Å². The van der Waals surface area contributed by atoms with Crippen molar-refractivity contribution < 1.29 is 9.53 Å². The van der Waals surface area contributed by atoms with Gasteiger partial charge in [-0.05, 0) is 24.3 Å². The average Bonchev–Trinajstić information content (AvgIpc) is 2.79. The molecule has 6 heteroatoms. The van der Waals surface area contributed by atoms with Gasteiger partial charge in [0, 0.05) is 26.1 Å². The van der Waals surface area contributed by atoms with Gasteiger partial charge in [-0.3, -0.25) is 9.48 Å². The SMILES string of the molecule is COc1ccc(-c2cc(CN)nn2C)cc1NC(C)=O. The Bertz CT molecular complexity index is 634. The van der Waals surface area contributed by atoms with Crippen LogP contribution in [0.2, 0.25) is 0 Å². The van der Waals surface area contributed by atoms with Gasteiger partial charge in [-0.25, -0.2) is 0 Å². The van der Waals surface area contributed by atoms with E-state index in [0.717, 1.165) is 17.0 Å². The summed E-state index contributed by atoms with van der Waals surface area (Å²) >= 11 is 0. The molecule has 0 unspecified atom stereocenters. The Morgan fingerprint density at radius 2 is 2.20 bits per heavy atom. The third kappa shape index (κ3) is 2.80. The van der Waals surface area contributed by atoms with E-state index < -0.39 is 0 Å². The van der Waals surface area contributed by atoms with E-state index in [2.05, 4.69) is 10.4 Å². The molecule has 2 aromatic rings. The van der Waals surface area contributed by atoms with Crippen LogP contribution in [0.1, 0.15) is 12.6 Å². The first-order valence-corrected chi connectivity index (χ1v) is 6.24. The van der Waals surface area contributed by atoms with Gasteiger partial charge in [0.2, 0.25) is 5.91 Å². The number of nitrogens with zero attached hydrogens (tertiary/aromatic N) is 2. The van der Waals surface area contributed by atoms with E-state index in [4.69, 9.17) is 10.5 Å². The molecule has 1 aromatic heterocycles. The number of nitrogens with two attached hydrogens (primary N) is 1. The summed E-state index contributed by atoms with van der Waals surface area (Å²) in [5.41, 5.74) is 8.91. The fourth-order valence-electron chi connectivity index (χ4n) is 2.05. The van der Waals surface area contributed by atoms with Gasteiger partial charge in [0.15, 0.2) is 0 Å². The topological polar surface area (TPSA) is 82.2 Å². The highest BCUT2D eigenvalue weighted by Crippen LogP contribution is 2.30. The number of carbonyl (C=O) groups excluding carboxylic acids is 1. The van der Waals surface area contributed by atoms with Gasteiger partial charge in [-0.1, -0.05) is 0 Å². The van der Waals surface area contributed by atoms with Gasteiger partial charge < -0.3 is 15.8 Å². The summed E-state index contributed by atoms with van der Waals surface area (Å²) < 4.78 is 7.00. The lowest BCUT2D eigenvalue weighted by molar-refractivity contribution is -0.114. The van der Waals surface area contributed by atoms with Crippen molar-refractivity contribution in [3.8, 4) is 17.0 Å². The number of nitrogens with one attached hydrogen (secondary N) is 1. The second-order valence-corrected chi connectivity index (χ2v) is 4.44. The van der Waals surface area contributed by atoms with Crippen molar-refractivity contribution in [3.63, 3.8) is 0 Å². The van der Waals surface area contributed by atoms with E-state index in [9.17, 15) is 4.79 Å². The highest BCUT2D eigenvalue weighted by molar-refractivity contribution is 5.91. The summed E-state index contributed by atoms with van der Waals surface area (Å²) in [5, 5.41) is 7.07. The first-order chi connectivity index (χ1) is 9.55. The molecule has 0 saturated carbocycles. The molecule has 0 fully saturated rings. The van der Waals surface area contributed by atoms with Gasteiger partial charge in [-0.2, -0.15) is 5.10 Å². The minimum atomic E-state index is -0.145. The monoisotopic (exact) mass is 274 g/mol. The van der Waals surface area contributed by atoms with Crippen molar-refractivity contribution in [2.24, 2.45) is 12.8 Å². The number of aromatic nitrogens is 2. The summed E-state index contributed by atoms with van der Waals surface area (Å²) in [7, 11) is 3.42. The van der Waals surface area contributed by atoms with Crippen molar-refractivity contribution >= 4 is 11.6 Å². The molecule has 0 bridgehead atoms. The minimum absolute atomic E-state index is 0.145. The number of ether oxygens (including phenoxy) is 1. The second kappa shape index (κ2) is 5.75. The van der Waals surface area contributed by atoms with E-state index in [1.165, 1.54) is 6.92 Å². The van der Waals surface area contributed by atoms with Crippen LogP contribution >= 0.6 is 0 Å². The third-order valence-corrected chi connectivity index (χ3v) is 2.95. The van der Waals surface area contributed by atoms with Crippen LogP contribution in [0.5, 0.6) is 5.75 Å². The summed E-state index contributed by atoms with van der Waals surface area (Å²) in [4.78, 5) is 11.2. The number of hydrogen-bond donors (Lipinski definition) is 2. The molecule has 0 radical (unpaired) electrons. The molecule has 2 rings (SSSR count). The zero-order valence-corrected chi connectivity index (χ0v) is 11.8. The van der Waals surface area contributed by atoms with Gasteiger partial charge in [0.25, 0.3) is 0 Å². The molecule has 3 N–H and O–H groups in total. The molecular formula is C14H18N4O2. The molecule has 1 amide bonds. The first-order valence-electron chi connectivity index (χ1n) is 6.24. The fourth-order valence-corrected chi connectivity index (χ4v) is 2.05. The van der Waals surface area contributed by atoms with E-state index in [1.807, 2.05) is 31.3 Å². The molecule has 0 aliphatic heterocycles. The Morgan fingerprint density at radius 3 is 2.75 bits per heavy atom. The molecular weight excluding hydrogens is 256 g/mol. The van der Waals surface area contributed by atoms with E-state index in [0.29, 0.717) is 18.0 Å². The van der Waals surface area contributed by atoms with Gasteiger partial charge in [-0.15, -0.1) is 0 Å². The van der Waals surface area contributed by atoms with Gasteiger partial charge >= 0.3 is 0 Å². The Kier molecular flexibility index (Phi) is 4.05. The van der Waals surface area contributed by atoms with Crippen molar-refractivity contribution in [2.45, 2.75) is 13.5 Å². The summed E-state index contributed by atoms with van der Waals surface area (Å²) in [6.07, 6.45) is 0. The van der Waals surface area contributed by atoms with Gasteiger partial charge in [0.05, 0.1) is 24.2 Å². The molecule has 1 heterocycles. The maximum Gasteiger partial charge on any atom is 0.221 e. The standard InChI is InChI=1S/C14H18N4O2/c1-9(19)16-12-6-10(4-5-14(12)20-3)13-7-11(8-15)17-18(13)2/h4-7H,8,15H2,1-3H3,(H,16,19). The van der Waals surface area contributed by atoms with Crippen LogP contribution in [0.4, 0.5) is 5.69 Å². The zero-order valence-electron chi connectivity index (χ0n) is 11.8. The van der Waals surface area contributed by atoms with E-state index in [1.54, 1.807) is 11.8 Å². The zero-order chi connectivity index (χ0) is 14.7. The Morgan fingerprint density at radius 1 is 1.45 bits per heavy atom. The maximum absolute atomic E-state index is 11.2. The van der Waals surface area contributed by atoms with Crippen molar-refractivity contribution in [1.29, 1.82) is 0 Å². The van der Waals surface area contributed by atoms with Crippen LogP contribution < -0.4 is 15.8 Å². The minimum Gasteiger partial charge on any atom is -0.495 e. The third-order valence-electron chi connectivity index (χ3n) is 2.95. The van der Waals surface area contributed by atoms with Crippen LogP contribution in [-0.2, 0) is 18.4 Å². The lowest BCUT2D eigenvalue weighted by Gasteiger charge is -2.11. The number of aryl methyl sites for hydroxylation is 1. The summed E-state index contributed by atoms with van der Waals surface area (Å²) in [6.45, 7) is 1.85. The summed E-state index contributed by atoms with van der Waals surface area (Å²) in [6, 6.07) is 7.52. The molecule has 0 aliphatic rings. The Balaban J connectivity index is 2.46. The van der Waals surface area contributed by atoms with E-state index in [-0.39, 0.29) is 5.91 Å². The molecule has 106 valence electrons. The number of anilines is 1. The molecule has 20 heavy (non-hydrogen) atoms. The number of hydrogen-bond acceptors (Lipinski definition) is 4. The summed E-state index contributed by atoms with van der Waals surface area (Å²) in [5.74, 6) is 0.471. The Labute approximate surface area is 117 Å². The normalized spacial score (nSPS) is 10.4. The quantitative estimate of drug-likeness (QED) is 0.885. The average molecular weight is 274 g/mol. The number of benzene rings is 1. The van der Waals surface area contributed by atoms with Crippen LogP contribution in [0.25, 0.3) is 11.3 Å².